The number of nitrogens with zero attached hydrogens (tertiary/aromatic N) is 4. The van der Waals surface area contributed by atoms with Crippen molar-refractivity contribution in [2.45, 2.75) is 26.2 Å². The van der Waals surface area contributed by atoms with Gasteiger partial charge in [0.25, 0.3) is 0 Å². The first-order chi connectivity index (χ1) is 10.2. The summed E-state index contributed by atoms with van der Waals surface area (Å²) in [6.07, 6.45) is 3.63. The predicted molar refractivity (Wildman–Crippen MR) is 98.1 cm³/mol. The SMILES string of the molecule is Cc1nsc(N2CCCN(C(=O)CNCC3CC3)CC2)n1.Cl.Cl. The van der Waals surface area contributed by atoms with Crippen LogP contribution in [0.3, 0.4) is 0 Å². The van der Waals surface area contributed by atoms with Gasteiger partial charge in [0.2, 0.25) is 11.0 Å². The quantitative estimate of drug-likeness (QED) is 0.841. The Bertz CT molecular complexity index is 497. The van der Waals surface area contributed by atoms with Gasteiger partial charge in [0.15, 0.2) is 0 Å². The number of carbonyl (C=O) groups is 1. The summed E-state index contributed by atoms with van der Waals surface area (Å²) in [5, 5.41) is 4.27. The van der Waals surface area contributed by atoms with E-state index < -0.39 is 0 Å². The summed E-state index contributed by atoms with van der Waals surface area (Å²) in [6.45, 7) is 6.82. The lowest BCUT2D eigenvalue weighted by Crippen LogP contribution is -2.40. The van der Waals surface area contributed by atoms with Crippen LogP contribution < -0.4 is 10.2 Å². The van der Waals surface area contributed by atoms with E-state index in [4.69, 9.17) is 0 Å². The normalized spacial score (nSPS) is 18.0. The first-order valence-electron chi connectivity index (χ1n) is 7.76. The van der Waals surface area contributed by atoms with Gasteiger partial charge < -0.3 is 15.1 Å². The Morgan fingerprint density at radius 2 is 2.04 bits per heavy atom. The van der Waals surface area contributed by atoms with Gasteiger partial charge in [-0.2, -0.15) is 4.37 Å². The van der Waals surface area contributed by atoms with Gasteiger partial charge in [-0.05, 0) is 38.6 Å². The highest BCUT2D eigenvalue weighted by molar-refractivity contribution is 7.09. The Kier molecular flexibility index (Phi) is 8.53. The van der Waals surface area contributed by atoms with Crippen LogP contribution >= 0.6 is 36.3 Å². The number of amides is 1. The summed E-state index contributed by atoms with van der Waals surface area (Å²) in [6, 6.07) is 0. The summed E-state index contributed by atoms with van der Waals surface area (Å²) in [5.41, 5.74) is 0. The highest BCUT2D eigenvalue weighted by Crippen LogP contribution is 2.27. The fourth-order valence-corrected chi connectivity index (χ4v) is 3.32. The number of hydrogen-bond acceptors (Lipinski definition) is 6. The second kappa shape index (κ2) is 9.61. The Morgan fingerprint density at radius 3 is 2.70 bits per heavy atom. The second-order valence-corrected chi connectivity index (χ2v) is 6.65. The maximum atomic E-state index is 12.2. The number of hydrogen-bond donors (Lipinski definition) is 1. The lowest BCUT2D eigenvalue weighted by atomic mass is 10.3. The molecule has 132 valence electrons. The van der Waals surface area contributed by atoms with E-state index in [1.165, 1.54) is 24.4 Å². The lowest BCUT2D eigenvalue weighted by Gasteiger charge is -2.21. The van der Waals surface area contributed by atoms with E-state index in [1.807, 2.05) is 11.8 Å². The third-order valence-electron chi connectivity index (χ3n) is 4.04. The van der Waals surface area contributed by atoms with Crippen molar-refractivity contribution < 1.29 is 4.79 Å². The van der Waals surface area contributed by atoms with Crippen molar-refractivity contribution in [3.05, 3.63) is 5.82 Å². The van der Waals surface area contributed by atoms with Crippen LogP contribution in [0.15, 0.2) is 0 Å². The third-order valence-corrected chi connectivity index (χ3v) is 4.91. The van der Waals surface area contributed by atoms with E-state index in [-0.39, 0.29) is 30.7 Å². The van der Waals surface area contributed by atoms with Crippen LogP contribution in [0.4, 0.5) is 5.13 Å². The first kappa shape index (κ1) is 20.4. The van der Waals surface area contributed by atoms with Crippen molar-refractivity contribution in [2.75, 3.05) is 44.2 Å². The van der Waals surface area contributed by atoms with Crippen molar-refractivity contribution in [2.24, 2.45) is 5.92 Å². The highest BCUT2D eigenvalue weighted by atomic mass is 35.5. The minimum absolute atomic E-state index is 0. The van der Waals surface area contributed by atoms with Gasteiger partial charge >= 0.3 is 0 Å². The molecular formula is C14H25Cl2N5OS. The minimum atomic E-state index is 0. The van der Waals surface area contributed by atoms with Crippen molar-refractivity contribution in [3.8, 4) is 0 Å². The molecule has 1 saturated heterocycles. The van der Waals surface area contributed by atoms with Crippen LogP contribution in [-0.2, 0) is 4.79 Å². The molecule has 2 fully saturated rings. The van der Waals surface area contributed by atoms with Gasteiger partial charge in [0.05, 0.1) is 6.54 Å². The molecule has 23 heavy (non-hydrogen) atoms. The third kappa shape index (κ3) is 6.06. The Hall–Kier alpha value is -0.630. The van der Waals surface area contributed by atoms with Crippen LogP contribution in [0.1, 0.15) is 25.1 Å². The van der Waals surface area contributed by atoms with Gasteiger partial charge in [-0.25, -0.2) is 4.98 Å². The topological polar surface area (TPSA) is 61.4 Å². The van der Waals surface area contributed by atoms with Crippen LogP contribution in [0.5, 0.6) is 0 Å². The van der Waals surface area contributed by atoms with E-state index >= 15 is 0 Å². The number of aryl methyl sites for hydroxylation is 1. The van der Waals surface area contributed by atoms with E-state index in [9.17, 15) is 4.79 Å². The molecule has 1 aromatic heterocycles. The molecule has 1 amide bonds. The molecule has 0 aromatic carbocycles. The van der Waals surface area contributed by atoms with Crippen LogP contribution in [0.25, 0.3) is 0 Å². The van der Waals surface area contributed by atoms with Crippen LogP contribution in [0, 0.1) is 12.8 Å². The standard InChI is InChI=1S/C14H23N5OS.2ClH/c1-11-16-14(21-17-11)19-6-2-5-18(7-8-19)13(20)10-15-9-12-3-4-12;;/h12,15H,2-10H2,1H3;2*1H. The molecule has 0 spiro atoms. The molecule has 3 rings (SSSR count). The molecule has 0 atom stereocenters. The summed E-state index contributed by atoms with van der Waals surface area (Å²) in [7, 11) is 0. The molecule has 0 bridgehead atoms. The van der Waals surface area contributed by atoms with Gasteiger partial charge in [-0.15, -0.1) is 24.8 Å². The lowest BCUT2D eigenvalue weighted by molar-refractivity contribution is -0.130. The number of aromatic nitrogens is 2. The van der Waals surface area contributed by atoms with E-state index in [0.29, 0.717) is 6.54 Å². The smallest absolute Gasteiger partial charge is 0.236 e. The fourth-order valence-electron chi connectivity index (χ4n) is 2.59. The zero-order valence-corrected chi connectivity index (χ0v) is 15.8. The second-order valence-electron chi connectivity index (χ2n) is 5.92. The summed E-state index contributed by atoms with van der Waals surface area (Å²) < 4.78 is 4.24. The summed E-state index contributed by atoms with van der Waals surface area (Å²) in [5.74, 6) is 1.88. The van der Waals surface area contributed by atoms with Gasteiger partial charge in [-0.1, -0.05) is 0 Å². The monoisotopic (exact) mass is 381 g/mol. The zero-order valence-electron chi connectivity index (χ0n) is 13.4. The molecule has 1 aliphatic carbocycles. The van der Waals surface area contributed by atoms with Gasteiger partial charge in [0, 0.05) is 37.7 Å². The zero-order chi connectivity index (χ0) is 14.7. The summed E-state index contributed by atoms with van der Waals surface area (Å²) in [4.78, 5) is 20.9. The predicted octanol–water partition coefficient (Wildman–Crippen LogP) is 1.73. The molecule has 6 nitrogen and oxygen atoms in total. The minimum Gasteiger partial charge on any atom is -0.345 e. The van der Waals surface area contributed by atoms with E-state index in [1.54, 1.807) is 0 Å². The molecule has 1 aromatic rings. The summed E-state index contributed by atoms with van der Waals surface area (Å²) >= 11 is 1.45. The van der Waals surface area contributed by atoms with Crippen molar-refractivity contribution in [3.63, 3.8) is 0 Å². The average Bonchev–Trinajstić information content (AvgIpc) is 3.24. The molecule has 1 saturated carbocycles. The van der Waals surface area contributed by atoms with E-state index in [0.717, 1.165) is 56.0 Å². The van der Waals surface area contributed by atoms with Crippen molar-refractivity contribution >= 4 is 47.4 Å². The molecule has 1 aliphatic heterocycles. The number of anilines is 1. The average molecular weight is 382 g/mol. The van der Waals surface area contributed by atoms with Crippen molar-refractivity contribution in [1.29, 1.82) is 0 Å². The number of carbonyl (C=O) groups excluding carboxylic acids is 1. The number of rotatable bonds is 5. The Morgan fingerprint density at radius 1 is 1.26 bits per heavy atom. The first-order valence-corrected chi connectivity index (χ1v) is 8.53. The van der Waals surface area contributed by atoms with Gasteiger partial charge in [0.1, 0.15) is 5.82 Å². The van der Waals surface area contributed by atoms with Crippen LogP contribution in [0.2, 0.25) is 0 Å². The Balaban J connectivity index is 0.00000132. The molecule has 9 heteroatoms. The fraction of sp³-hybridized carbons (Fsp3) is 0.786. The molecule has 0 unspecified atom stereocenters. The number of nitrogens with one attached hydrogen (secondary N) is 1. The molecular weight excluding hydrogens is 357 g/mol. The highest BCUT2D eigenvalue weighted by Gasteiger charge is 2.23. The molecule has 1 N–H and O–H groups in total. The Labute approximate surface area is 154 Å². The molecule has 2 heterocycles. The van der Waals surface area contributed by atoms with Crippen molar-refractivity contribution in [1.82, 2.24) is 19.6 Å². The largest absolute Gasteiger partial charge is 0.345 e. The van der Waals surface area contributed by atoms with E-state index in [2.05, 4.69) is 19.6 Å². The van der Waals surface area contributed by atoms with Crippen LogP contribution in [-0.4, -0.2) is 59.4 Å². The maximum Gasteiger partial charge on any atom is 0.236 e. The van der Waals surface area contributed by atoms with Gasteiger partial charge in [-0.3, -0.25) is 4.79 Å². The molecule has 2 aliphatic rings. The number of halogens is 2. The molecule has 0 radical (unpaired) electrons. The maximum absolute atomic E-state index is 12.2.